The molecule has 1 N–H and O–H groups in total. The van der Waals surface area contributed by atoms with Gasteiger partial charge in [0.2, 0.25) is 0 Å². The molecule has 0 fully saturated rings. The number of imide groups is 1. The predicted octanol–water partition coefficient (Wildman–Crippen LogP) is 5.70. The average Bonchev–Trinajstić information content (AvgIpc) is 3.08. The highest BCUT2D eigenvalue weighted by Crippen LogP contribution is 2.45. The van der Waals surface area contributed by atoms with Gasteiger partial charge in [-0.25, -0.2) is 4.79 Å². The minimum absolute atomic E-state index is 0.0507. The third-order valence-corrected chi connectivity index (χ3v) is 7.13. The lowest BCUT2D eigenvalue weighted by molar-refractivity contribution is -0.151. The molecular formula is C24H20Cl4N2O6. The summed E-state index contributed by atoms with van der Waals surface area (Å²) in [6.45, 7) is 4.30. The number of anilines is 1. The fourth-order valence-corrected chi connectivity index (χ4v) is 4.64. The maximum absolute atomic E-state index is 13.2. The van der Waals surface area contributed by atoms with Gasteiger partial charge in [-0.05, 0) is 43.5 Å². The predicted molar refractivity (Wildman–Crippen MR) is 136 cm³/mol. The van der Waals surface area contributed by atoms with Crippen LogP contribution in [-0.2, 0) is 14.3 Å². The van der Waals surface area contributed by atoms with E-state index < -0.39 is 36.3 Å². The van der Waals surface area contributed by atoms with E-state index in [1.807, 2.05) is 0 Å². The number of nitrogens with zero attached hydrogens (tertiary/aromatic N) is 1. The van der Waals surface area contributed by atoms with Crippen LogP contribution < -0.4 is 5.32 Å². The van der Waals surface area contributed by atoms with Crippen molar-refractivity contribution in [2.75, 3.05) is 11.9 Å². The molecule has 36 heavy (non-hydrogen) atoms. The van der Waals surface area contributed by atoms with E-state index in [-0.39, 0.29) is 49.3 Å². The topological polar surface area (TPSA) is 110 Å². The first-order valence-corrected chi connectivity index (χ1v) is 12.2. The Morgan fingerprint density at radius 1 is 0.889 bits per heavy atom. The van der Waals surface area contributed by atoms with E-state index in [2.05, 4.69) is 5.32 Å². The Kier molecular flexibility index (Phi) is 8.67. The standard InChI is InChI=1S/C24H20Cl4N2O6/c1-10(2)8-14(24(35)36-9-15(32)29-13-6-4-12(5-7-13)11(3)31)30-22(33)16-17(23(30)34)19(26)21(28)20(27)18(16)25/h4-7,10,14H,8-9H2,1-3H3,(H,29,32)/t14-/m1/s1. The van der Waals surface area contributed by atoms with Crippen LogP contribution in [0.5, 0.6) is 0 Å². The van der Waals surface area contributed by atoms with Gasteiger partial charge in [0.15, 0.2) is 12.4 Å². The van der Waals surface area contributed by atoms with Crippen LogP contribution in [-0.4, -0.2) is 47.0 Å². The van der Waals surface area contributed by atoms with Crippen LogP contribution in [0.2, 0.25) is 20.1 Å². The smallest absolute Gasteiger partial charge is 0.329 e. The highest BCUT2D eigenvalue weighted by molar-refractivity contribution is 6.55. The molecule has 0 bridgehead atoms. The van der Waals surface area contributed by atoms with Gasteiger partial charge in [-0.2, -0.15) is 0 Å². The number of nitrogens with one attached hydrogen (secondary N) is 1. The van der Waals surface area contributed by atoms with E-state index >= 15 is 0 Å². The summed E-state index contributed by atoms with van der Waals surface area (Å²) in [5.74, 6) is -3.65. The number of hydrogen-bond donors (Lipinski definition) is 1. The van der Waals surface area contributed by atoms with Crippen molar-refractivity contribution < 1.29 is 28.7 Å². The van der Waals surface area contributed by atoms with E-state index in [1.54, 1.807) is 26.0 Å². The zero-order valence-electron chi connectivity index (χ0n) is 19.3. The van der Waals surface area contributed by atoms with Crippen LogP contribution in [0.25, 0.3) is 0 Å². The molecule has 0 spiro atoms. The summed E-state index contributed by atoms with van der Waals surface area (Å²) in [6, 6.07) is 4.78. The largest absolute Gasteiger partial charge is 0.454 e. The number of carbonyl (C=O) groups excluding carboxylic acids is 5. The molecule has 190 valence electrons. The summed E-state index contributed by atoms with van der Waals surface area (Å²) in [6.07, 6.45) is 0.0507. The number of Topliss-reactive ketones (excluding diaryl/α,β-unsaturated/α-hetero) is 1. The number of halogens is 4. The van der Waals surface area contributed by atoms with Crippen LogP contribution >= 0.6 is 46.4 Å². The molecule has 3 rings (SSSR count). The van der Waals surface area contributed by atoms with Crippen molar-refractivity contribution in [1.29, 1.82) is 0 Å². The van der Waals surface area contributed by atoms with Gasteiger partial charge in [0.25, 0.3) is 17.7 Å². The first kappa shape index (κ1) is 27.9. The minimum Gasteiger partial charge on any atom is -0.454 e. The lowest BCUT2D eigenvalue weighted by Gasteiger charge is -2.26. The maximum Gasteiger partial charge on any atom is 0.329 e. The Balaban J connectivity index is 1.78. The van der Waals surface area contributed by atoms with Crippen LogP contribution in [0.15, 0.2) is 24.3 Å². The number of benzene rings is 2. The molecule has 0 radical (unpaired) electrons. The second kappa shape index (κ2) is 11.2. The van der Waals surface area contributed by atoms with Gasteiger partial charge in [0.1, 0.15) is 6.04 Å². The molecule has 0 aliphatic carbocycles. The third-order valence-electron chi connectivity index (χ3n) is 5.33. The minimum atomic E-state index is -1.36. The van der Waals surface area contributed by atoms with Crippen LogP contribution in [0.4, 0.5) is 5.69 Å². The molecule has 1 aliphatic rings. The van der Waals surface area contributed by atoms with E-state index in [0.717, 1.165) is 0 Å². The van der Waals surface area contributed by atoms with Gasteiger partial charge >= 0.3 is 5.97 Å². The van der Waals surface area contributed by atoms with Crippen molar-refractivity contribution in [3.05, 3.63) is 61.0 Å². The second-order valence-corrected chi connectivity index (χ2v) is 9.93. The molecular weight excluding hydrogens is 554 g/mol. The number of carbonyl (C=O) groups is 5. The molecule has 0 unspecified atom stereocenters. The molecule has 2 aromatic carbocycles. The van der Waals surface area contributed by atoms with Crippen molar-refractivity contribution in [2.24, 2.45) is 5.92 Å². The number of esters is 1. The van der Waals surface area contributed by atoms with Gasteiger partial charge in [0.05, 0.1) is 31.2 Å². The highest BCUT2D eigenvalue weighted by atomic mass is 35.5. The molecule has 8 nitrogen and oxygen atoms in total. The van der Waals surface area contributed by atoms with E-state index in [4.69, 9.17) is 51.1 Å². The van der Waals surface area contributed by atoms with Crippen molar-refractivity contribution in [1.82, 2.24) is 4.90 Å². The van der Waals surface area contributed by atoms with Gasteiger partial charge in [-0.1, -0.05) is 60.3 Å². The lowest BCUT2D eigenvalue weighted by atomic mass is 10.0. The number of amides is 3. The Labute approximate surface area is 226 Å². The number of hydrogen-bond acceptors (Lipinski definition) is 6. The first-order chi connectivity index (χ1) is 16.8. The number of ketones is 1. The van der Waals surface area contributed by atoms with E-state index in [0.29, 0.717) is 16.2 Å². The Hall–Kier alpha value is -2.65. The van der Waals surface area contributed by atoms with Crippen LogP contribution in [0, 0.1) is 5.92 Å². The zero-order chi connectivity index (χ0) is 26.9. The molecule has 0 saturated heterocycles. The number of rotatable bonds is 8. The second-order valence-electron chi connectivity index (χ2n) is 8.42. The van der Waals surface area contributed by atoms with Crippen LogP contribution in [0.1, 0.15) is 58.3 Å². The summed E-state index contributed by atoms with van der Waals surface area (Å²) in [4.78, 5) is 63.7. The van der Waals surface area contributed by atoms with Crippen molar-refractivity contribution in [2.45, 2.75) is 33.2 Å². The molecule has 0 saturated carbocycles. The molecule has 1 heterocycles. The fourth-order valence-electron chi connectivity index (χ4n) is 3.62. The first-order valence-electron chi connectivity index (χ1n) is 10.7. The van der Waals surface area contributed by atoms with E-state index in [9.17, 15) is 24.0 Å². The fraction of sp³-hybridized carbons (Fsp3) is 0.292. The van der Waals surface area contributed by atoms with E-state index in [1.165, 1.54) is 19.1 Å². The van der Waals surface area contributed by atoms with Crippen LogP contribution in [0.3, 0.4) is 0 Å². The van der Waals surface area contributed by atoms with Crippen molar-refractivity contribution in [3.8, 4) is 0 Å². The summed E-state index contributed by atoms with van der Waals surface area (Å²) in [7, 11) is 0. The molecule has 2 aromatic rings. The quantitative estimate of drug-likeness (QED) is 0.143. The zero-order valence-corrected chi connectivity index (χ0v) is 22.3. The normalized spacial score (nSPS) is 13.6. The molecule has 1 atom stereocenters. The third kappa shape index (κ3) is 5.52. The van der Waals surface area contributed by atoms with Gasteiger partial charge in [-0.3, -0.25) is 24.1 Å². The molecule has 1 aliphatic heterocycles. The molecule has 12 heteroatoms. The Morgan fingerprint density at radius 3 is 1.83 bits per heavy atom. The Morgan fingerprint density at radius 2 is 1.39 bits per heavy atom. The van der Waals surface area contributed by atoms with Crippen molar-refractivity contribution >= 4 is 81.6 Å². The highest BCUT2D eigenvalue weighted by Gasteiger charge is 2.47. The SMILES string of the molecule is CC(=O)c1ccc(NC(=O)COC(=O)[C@@H](CC(C)C)N2C(=O)c3c(Cl)c(Cl)c(Cl)c(Cl)c3C2=O)cc1. The lowest BCUT2D eigenvalue weighted by Crippen LogP contribution is -2.47. The summed E-state index contributed by atoms with van der Waals surface area (Å²) in [5, 5.41) is 1.63. The summed E-state index contributed by atoms with van der Waals surface area (Å²) >= 11 is 24.4. The van der Waals surface area contributed by atoms with Gasteiger partial charge < -0.3 is 10.1 Å². The maximum atomic E-state index is 13.2. The van der Waals surface area contributed by atoms with Gasteiger partial charge in [-0.15, -0.1) is 0 Å². The average molecular weight is 574 g/mol. The van der Waals surface area contributed by atoms with Gasteiger partial charge in [0, 0.05) is 11.3 Å². The summed E-state index contributed by atoms with van der Waals surface area (Å²) < 4.78 is 5.15. The number of fused-ring (bicyclic) bond motifs is 1. The Bertz CT molecular complexity index is 1230. The van der Waals surface area contributed by atoms with Crippen molar-refractivity contribution in [3.63, 3.8) is 0 Å². The number of ether oxygens (including phenoxy) is 1. The molecule has 0 aromatic heterocycles. The molecule has 3 amide bonds. The summed E-state index contributed by atoms with van der Waals surface area (Å²) in [5.41, 5.74) is 0.349. The monoisotopic (exact) mass is 572 g/mol.